The number of rotatable bonds is 6. The molecule has 5 nitrogen and oxygen atoms in total. The second-order valence-electron chi connectivity index (χ2n) is 6.03. The van der Waals surface area contributed by atoms with Crippen molar-refractivity contribution in [2.75, 3.05) is 32.7 Å². The highest BCUT2D eigenvalue weighted by atomic mass is 32.1. The summed E-state index contributed by atoms with van der Waals surface area (Å²) in [6.45, 7) is 6.98. The van der Waals surface area contributed by atoms with E-state index in [1.807, 2.05) is 36.3 Å². The van der Waals surface area contributed by atoms with Crippen molar-refractivity contribution in [2.24, 2.45) is 0 Å². The zero-order valence-electron chi connectivity index (χ0n) is 14.4. The average molecular weight is 347 g/mol. The lowest BCUT2D eigenvalue weighted by Crippen LogP contribution is -2.54. The van der Waals surface area contributed by atoms with Gasteiger partial charge in [0.2, 0.25) is 5.91 Å². The molecule has 0 bridgehead atoms. The molecule has 2 rings (SSSR count). The Hall–Kier alpha value is -1.84. The summed E-state index contributed by atoms with van der Waals surface area (Å²) in [6.07, 6.45) is 7.02. The molecular formula is C18H25N3O2S. The fourth-order valence-corrected chi connectivity index (χ4v) is 3.53. The van der Waals surface area contributed by atoms with Gasteiger partial charge in [-0.2, -0.15) is 0 Å². The van der Waals surface area contributed by atoms with Gasteiger partial charge in [-0.3, -0.25) is 14.5 Å². The minimum atomic E-state index is -0.548. The van der Waals surface area contributed by atoms with Crippen molar-refractivity contribution in [2.45, 2.75) is 32.2 Å². The van der Waals surface area contributed by atoms with Crippen molar-refractivity contribution < 1.29 is 9.59 Å². The van der Waals surface area contributed by atoms with Gasteiger partial charge in [0.05, 0.1) is 11.4 Å². The number of nitrogens with zero attached hydrogens (tertiary/aromatic N) is 2. The van der Waals surface area contributed by atoms with Crippen LogP contribution in [0, 0.1) is 12.3 Å². The summed E-state index contributed by atoms with van der Waals surface area (Å²) >= 11 is 1.46. The lowest BCUT2D eigenvalue weighted by Gasteiger charge is -2.35. The molecule has 0 atom stereocenters. The molecule has 0 radical (unpaired) electrons. The first-order chi connectivity index (χ1) is 11.5. The highest BCUT2D eigenvalue weighted by molar-refractivity contribution is 7.12. The number of nitrogens with one attached hydrogen (secondary N) is 1. The van der Waals surface area contributed by atoms with Gasteiger partial charge in [0, 0.05) is 26.2 Å². The van der Waals surface area contributed by atoms with Crippen LogP contribution in [-0.4, -0.2) is 59.9 Å². The van der Waals surface area contributed by atoms with Crippen LogP contribution in [0.25, 0.3) is 0 Å². The second-order valence-corrected chi connectivity index (χ2v) is 6.98. The van der Waals surface area contributed by atoms with E-state index in [-0.39, 0.29) is 11.8 Å². The number of terminal acetylenes is 1. The molecule has 1 fully saturated rings. The van der Waals surface area contributed by atoms with Gasteiger partial charge in [-0.25, -0.2) is 0 Å². The smallest absolute Gasteiger partial charge is 0.264 e. The predicted molar refractivity (Wildman–Crippen MR) is 97.0 cm³/mol. The van der Waals surface area contributed by atoms with Crippen LogP contribution in [-0.2, 0) is 4.79 Å². The fraction of sp³-hybridized carbons (Fsp3) is 0.556. The Labute approximate surface area is 148 Å². The molecule has 0 spiro atoms. The van der Waals surface area contributed by atoms with Gasteiger partial charge in [0.1, 0.15) is 5.54 Å². The van der Waals surface area contributed by atoms with Gasteiger partial charge in [0.15, 0.2) is 0 Å². The highest BCUT2D eigenvalue weighted by Gasteiger charge is 2.28. The van der Waals surface area contributed by atoms with E-state index >= 15 is 0 Å². The topological polar surface area (TPSA) is 52.7 Å². The molecule has 2 amide bonds. The summed E-state index contributed by atoms with van der Waals surface area (Å²) in [5.74, 6) is 2.75. The van der Waals surface area contributed by atoms with Gasteiger partial charge in [-0.15, -0.1) is 17.8 Å². The zero-order valence-corrected chi connectivity index (χ0v) is 15.2. The number of carbonyl (C=O) groups excluding carboxylic acids is 2. The third-order valence-corrected chi connectivity index (χ3v) is 5.48. The van der Waals surface area contributed by atoms with E-state index < -0.39 is 5.54 Å². The van der Waals surface area contributed by atoms with Crippen LogP contribution in [0.1, 0.15) is 36.4 Å². The summed E-state index contributed by atoms with van der Waals surface area (Å²) in [5.41, 5.74) is -0.548. The Morgan fingerprint density at radius 1 is 1.29 bits per heavy atom. The van der Waals surface area contributed by atoms with E-state index in [4.69, 9.17) is 6.42 Å². The molecule has 0 unspecified atom stereocenters. The van der Waals surface area contributed by atoms with Gasteiger partial charge < -0.3 is 10.2 Å². The number of amides is 2. The molecule has 1 aliphatic heterocycles. The first-order valence-corrected chi connectivity index (χ1v) is 9.25. The zero-order chi connectivity index (χ0) is 17.6. The van der Waals surface area contributed by atoms with E-state index in [0.717, 1.165) is 17.7 Å². The monoisotopic (exact) mass is 347 g/mol. The number of carbonyl (C=O) groups is 2. The fourth-order valence-electron chi connectivity index (χ4n) is 2.84. The molecule has 1 aromatic heterocycles. The van der Waals surface area contributed by atoms with Crippen LogP contribution in [0.5, 0.6) is 0 Å². The quantitative estimate of drug-likeness (QED) is 0.799. The Balaban J connectivity index is 1.82. The largest absolute Gasteiger partial charge is 0.339 e. The van der Waals surface area contributed by atoms with Crippen LogP contribution >= 0.6 is 11.3 Å². The molecule has 0 aromatic carbocycles. The highest BCUT2D eigenvalue weighted by Crippen LogP contribution is 2.15. The number of hydrogen-bond acceptors (Lipinski definition) is 4. The van der Waals surface area contributed by atoms with Crippen LogP contribution in [0.4, 0.5) is 0 Å². The first kappa shape index (κ1) is 18.5. The molecule has 1 aliphatic rings. The maximum atomic E-state index is 12.3. The van der Waals surface area contributed by atoms with Gasteiger partial charge >= 0.3 is 0 Å². The molecule has 1 aromatic rings. The summed E-state index contributed by atoms with van der Waals surface area (Å²) in [7, 11) is 0. The van der Waals surface area contributed by atoms with Crippen LogP contribution < -0.4 is 5.32 Å². The van der Waals surface area contributed by atoms with Crippen molar-refractivity contribution in [1.29, 1.82) is 0 Å². The van der Waals surface area contributed by atoms with Crippen molar-refractivity contribution in [1.82, 2.24) is 15.1 Å². The van der Waals surface area contributed by atoms with Gasteiger partial charge in [-0.05, 0) is 24.3 Å². The third-order valence-electron chi connectivity index (χ3n) is 4.62. The Bertz CT molecular complexity index is 594. The average Bonchev–Trinajstić information content (AvgIpc) is 3.14. The lowest BCUT2D eigenvalue weighted by molar-refractivity contribution is -0.124. The van der Waals surface area contributed by atoms with E-state index in [0.29, 0.717) is 32.7 Å². The minimum absolute atomic E-state index is 0.0466. The number of piperazine rings is 1. The Morgan fingerprint density at radius 2 is 1.96 bits per heavy atom. The molecule has 1 saturated heterocycles. The first-order valence-electron chi connectivity index (χ1n) is 8.37. The van der Waals surface area contributed by atoms with Crippen LogP contribution in [0.15, 0.2) is 17.5 Å². The van der Waals surface area contributed by atoms with Crippen molar-refractivity contribution in [3.63, 3.8) is 0 Å². The summed E-state index contributed by atoms with van der Waals surface area (Å²) in [6, 6.07) is 3.74. The standard InChI is InChI=1S/C18H25N3O2S/c1-4-18(5-2,6-3)19-16(22)14-20-9-11-21(12-10-20)17(23)15-8-7-13-24-15/h1,7-8,13H,5-6,9-12,14H2,2-3H3,(H,19,22). The van der Waals surface area contributed by atoms with Gasteiger partial charge in [-0.1, -0.05) is 25.8 Å². The number of hydrogen-bond donors (Lipinski definition) is 1. The van der Waals surface area contributed by atoms with Crippen molar-refractivity contribution in [3.05, 3.63) is 22.4 Å². The Kier molecular flexibility index (Phi) is 6.41. The Morgan fingerprint density at radius 3 is 2.46 bits per heavy atom. The summed E-state index contributed by atoms with van der Waals surface area (Å²) < 4.78 is 0. The lowest BCUT2D eigenvalue weighted by atomic mass is 9.94. The maximum Gasteiger partial charge on any atom is 0.264 e. The van der Waals surface area contributed by atoms with Gasteiger partial charge in [0.25, 0.3) is 5.91 Å². The molecule has 6 heteroatoms. The molecule has 0 aliphatic carbocycles. The summed E-state index contributed by atoms with van der Waals surface area (Å²) in [4.78, 5) is 29.3. The molecular weight excluding hydrogens is 322 g/mol. The molecule has 0 saturated carbocycles. The number of thiophene rings is 1. The maximum absolute atomic E-state index is 12.3. The molecule has 130 valence electrons. The second kappa shape index (κ2) is 8.32. The molecule has 24 heavy (non-hydrogen) atoms. The minimum Gasteiger partial charge on any atom is -0.339 e. The summed E-state index contributed by atoms with van der Waals surface area (Å²) in [5, 5.41) is 4.90. The van der Waals surface area contributed by atoms with E-state index in [2.05, 4.69) is 16.1 Å². The van der Waals surface area contributed by atoms with E-state index in [1.54, 1.807) is 0 Å². The third kappa shape index (κ3) is 4.37. The van der Waals surface area contributed by atoms with Crippen LogP contribution in [0.2, 0.25) is 0 Å². The molecule has 1 N–H and O–H groups in total. The van der Waals surface area contributed by atoms with Crippen LogP contribution in [0.3, 0.4) is 0 Å². The van der Waals surface area contributed by atoms with Crippen molar-refractivity contribution >= 4 is 23.2 Å². The van der Waals surface area contributed by atoms with Crippen molar-refractivity contribution in [3.8, 4) is 12.3 Å². The predicted octanol–water partition coefficient (Wildman–Crippen LogP) is 1.81. The molecule has 2 heterocycles. The van der Waals surface area contributed by atoms with E-state index in [1.165, 1.54) is 11.3 Å². The SMILES string of the molecule is C#CC(CC)(CC)NC(=O)CN1CCN(C(=O)c2cccs2)CC1. The van der Waals surface area contributed by atoms with E-state index in [9.17, 15) is 9.59 Å². The normalized spacial score (nSPS) is 15.8.